The highest BCUT2D eigenvalue weighted by atomic mass is 35.5. The maximum atomic E-state index is 11.9. The van der Waals surface area contributed by atoms with Gasteiger partial charge in [-0.2, -0.15) is 0 Å². The average molecular weight is 324 g/mol. The van der Waals surface area contributed by atoms with E-state index in [2.05, 4.69) is 5.32 Å². The molecule has 0 bridgehead atoms. The van der Waals surface area contributed by atoms with Crippen LogP contribution in [-0.4, -0.2) is 18.6 Å². The zero-order valence-electron chi connectivity index (χ0n) is 11.5. The van der Waals surface area contributed by atoms with E-state index >= 15 is 0 Å². The average Bonchev–Trinajstić information content (AvgIpc) is 2.48. The van der Waals surface area contributed by atoms with Crippen molar-refractivity contribution in [1.29, 1.82) is 0 Å². The molecule has 0 saturated heterocycles. The first-order chi connectivity index (χ1) is 10.0. The first kappa shape index (κ1) is 15.7. The molecule has 0 aliphatic carbocycles. The van der Waals surface area contributed by atoms with E-state index in [4.69, 9.17) is 27.9 Å². The standard InChI is InChI=1S/C16H15Cl2NO2/c1-11(21-15-8-6-14(18)7-9-15)10-19-16(20)12-2-4-13(17)5-3-12/h2-9,11H,10H2,1H3,(H,19,20)/t11-/m0/s1. The molecule has 1 amide bonds. The Bertz CT molecular complexity index is 597. The van der Waals surface area contributed by atoms with Gasteiger partial charge in [0.1, 0.15) is 11.9 Å². The number of carbonyl (C=O) groups excluding carboxylic acids is 1. The van der Waals surface area contributed by atoms with Crippen molar-refractivity contribution in [2.24, 2.45) is 0 Å². The van der Waals surface area contributed by atoms with E-state index in [9.17, 15) is 4.79 Å². The Morgan fingerprint density at radius 2 is 1.57 bits per heavy atom. The van der Waals surface area contributed by atoms with Crippen LogP contribution in [0.4, 0.5) is 0 Å². The fraction of sp³-hybridized carbons (Fsp3) is 0.188. The van der Waals surface area contributed by atoms with Crippen molar-refractivity contribution >= 4 is 29.1 Å². The summed E-state index contributed by atoms with van der Waals surface area (Å²) in [4.78, 5) is 11.9. The van der Waals surface area contributed by atoms with Gasteiger partial charge >= 0.3 is 0 Å². The Hall–Kier alpha value is -1.71. The van der Waals surface area contributed by atoms with Crippen molar-refractivity contribution in [3.8, 4) is 5.75 Å². The highest BCUT2D eigenvalue weighted by Gasteiger charge is 2.09. The van der Waals surface area contributed by atoms with E-state index in [1.165, 1.54) is 0 Å². The minimum Gasteiger partial charge on any atom is -0.489 e. The molecular formula is C16H15Cl2NO2. The molecule has 0 heterocycles. The molecular weight excluding hydrogens is 309 g/mol. The summed E-state index contributed by atoms with van der Waals surface area (Å²) < 4.78 is 5.68. The number of hydrogen-bond acceptors (Lipinski definition) is 2. The van der Waals surface area contributed by atoms with Gasteiger partial charge in [-0.05, 0) is 55.5 Å². The maximum absolute atomic E-state index is 11.9. The molecule has 21 heavy (non-hydrogen) atoms. The minimum atomic E-state index is -0.154. The highest BCUT2D eigenvalue weighted by Crippen LogP contribution is 2.16. The third-order valence-electron chi connectivity index (χ3n) is 2.81. The second-order valence-electron chi connectivity index (χ2n) is 4.60. The van der Waals surface area contributed by atoms with Gasteiger partial charge in [0.05, 0.1) is 6.54 Å². The molecule has 2 rings (SSSR count). The Balaban J connectivity index is 1.83. The summed E-state index contributed by atoms with van der Waals surface area (Å²) in [6, 6.07) is 13.8. The predicted molar refractivity (Wildman–Crippen MR) is 85.3 cm³/mol. The van der Waals surface area contributed by atoms with Gasteiger partial charge in [0.2, 0.25) is 0 Å². The van der Waals surface area contributed by atoms with Crippen LogP contribution in [0, 0.1) is 0 Å². The van der Waals surface area contributed by atoms with Crippen molar-refractivity contribution in [2.45, 2.75) is 13.0 Å². The zero-order chi connectivity index (χ0) is 15.2. The minimum absolute atomic E-state index is 0.151. The van der Waals surface area contributed by atoms with Crippen LogP contribution < -0.4 is 10.1 Å². The van der Waals surface area contributed by atoms with Gasteiger partial charge in [-0.15, -0.1) is 0 Å². The molecule has 1 N–H and O–H groups in total. The van der Waals surface area contributed by atoms with E-state index in [1.54, 1.807) is 48.5 Å². The van der Waals surface area contributed by atoms with Gasteiger partial charge in [-0.25, -0.2) is 0 Å². The summed E-state index contributed by atoms with van der Waals surface area (Å²) in [5.74, 6) is 0.561. The lowest BCUT2D eigenvalue weighted by Crippen LogP contribution is -2.33. The molecule has 1 atom stereocenters. The molecule has 3 nitrogen and oxygen atoms in total. The predicted octanol–water partition coefficient (Wildman–Crippen LogP) is 4.19. The molecule has 0 aliphatic rings. The number of carbonyl (C=O) groups is 1. The molecule has 2 aromatic carbocycles. The fourth-order valence-electron chi connectivity index (χ4n) is 1.73. The van der Waals surface area contributed by atoms with Crippen molar-refractivity contribution < 1.29 is 9.53 Å². The van der Waals surface area contributed by atoms with E-state index < -0.39 is 0 Å². The number of amides is 1. The van der Waals surface area contributed by atoms with Crippen molar-refractivity contribution in [3.63, 3.8) is 0 Å². The molecule has 0 unspecified atom stereocenters. The van der Waals surface area contributed by atoms with E-state index in [0.717, 1.165) is 0 Å². The van der Waals surface area contributed by atoms with Crippen LogP contribution in [0.2, 0.25) is 10.0 Å². The zero-order valence-corrected chi connectivity index (χ0v) is 13.0. The van der Waals surface area contributed by atoms with Crippen LogP contribution in [0.1, 0.15) is 17.3 Å². The molecule has 5 heteroatoms. The Kier molecular flexibility index (Phi) is 5.48. The van der Waals surface area contributed by atoms with Crippen LogP contribution >= 0.6 is 23.2 Å². The quantitative estimate of drug-likeness (QED) is 0.895. The molecule has 2 aromatic rings. The Morgan fingerprint density at radius 1 is 1.05 bits per heavy atom. The number of benzene rings is 2. The van der Waals surface area contributed by atoms with Crippen molar-refractivity contribution in [3.05, 3.63) is 64.1 Å². The molecule has 0 aromatic heterocycles. The summed E-state index contributed by atoms with van der Waals surface area (Å²) in [5, 5.41) is 4.08. The summed E-state index contributed by atoms with van der Waals surface area (Å²) >= 11 is 11.6. The first-order valence-electron chi connectivity index (χ1n) is 6.50. The lowest BCUT2D eigenvalue weighted by molar-refractivity contribution is 0.0932. The van der Waals surface area contributed by atoms with Crippen LogP contribution in [0.25, 0.3) is 0 Å². The topological polar surface area (TPSA) is 38.3 Å². The lowest BCUT2D eigenvalue weighted by Gasteiger charge is -2.15. The summed E-state index contributed by atoms with van der Waals surface area (Å²) in [7, 11) is 0. The number of hydrogen-bond donors (Lipinski definition) is 1. The van der Waals surface area contributed by atoms with E-state index in [-0.39, 0.29) is 12.0 Å². The van der Waals surface area contributed by atoms with Gasteiger partial charge < -0.3 is 10.1 Å². The van der Waals surface area contributed by atoms with Gasteiger partial charge in [0, 0.05) is 15.6 Å². The van der Waals surface area contributed by atoms with Crippen LogP contribution in [0.3, 0.4) is 0 Å². The SMILES string of the molecule is C[C@@H](CNC(=O)c1ccc(Cl)cc1)Oc1ccc(Cl)cc1. The number of rotatable bonds is 5. The highest BCUT2D eigenvalue weighted by molar-refractivity contribution is 6.30. The number of ether oxygens (including phenoxy) is 1. The largest absolute Gasteiger partial charge is 0.489 e. The number of nitrogens with one attached hydrogen (secondary N) is 1. The Labute approximate surface area is 133 Å². The molecule has 0 spiro atoms. The Morgan fingerprint density at radius 3 is 2.14 bits per heavy atom. The van der Waals surface area contributed by atoms with Crippen molar-refractivity contribution in [1.82, 2.24) is 5.32 Å². The molecule has 0 aliphatic heterocycles. The van der Waals surface area contributed by atoms with E-state index in [1.807, 2.05) is 6.92 Å². The third kappa shape index (κ3) is 4.96. The fourth-order valence-corrected chi connectivity index (χ4v) is 1.98. The second-order valence-corrected chi connectivity index (χ2v) is 5.47. The number of halogens is 2. The summed E-state index contributed by atoms with van der Waals surface area (Å²) in [6.07, 6.45) is -0.151. The molecule has 0 fully saturated rings. The smallest absolute Gasteiger partial charge is 0.251 e. The van der Waals surface area contributed by atoms with Crippen LogP contribution in [0.15, 0.2) is 48.5 Å². The summed E-state index contributed by atoms with van der Waals surface area (Å²) in [5.41, 5.74) is 0.568. The van der Waals surface area contributed by atoms with E-state index in [0.29, 0.717) is 27.9 Å². The van der Waals surface area contributed by atoms with Gasteiger partial charge in [0.15, 0.2) is 0 Å². The maximum Gasteiger partial charge on any atom is 0.251 e. The van der Waals surface area contributed by atoms with Crippen molar-refractivity contribution in [2.75, 3.05) is 6.54 Å². The first-order valence-corrected chi connectivity index (χ1v) is 7.26. The lowest BCUT2D eigenvalue weighted by atomic mass is 10.2. The van der Waals surface area contributed by atoms with Gasteiger partial charge in [0.25, 0.3) is 5.91 Å². The normalized spacial score (nSPS) is 11.8. The van der Waals surface area contributed by atoms with Gasteiger partial charge in [-0.3, -0.25) is 4.79 Å². The third-order valence-corrected chi connectivity index (χ3v) is 3.31. The molecule has 110 valence electrons. The summed E-state index contributed by atoms with van der Waals surface area (Å²) in [6.45, 7) is 2.29. The van der Waals surface area contributed by atoms with Crippen LogP contribution in [-0.2, 0) is 0 Å². The van der Waals surface area contributed by atoms with Crippen LogP contribution in [0.5, 0.6) is 5.75 Å². The molecule has 0 saturated carbocycles. The van der Waals surface area contributed by atoms with Gasteiger partial charge in [-0.1, -0.05) is 23.2 Å². The monoisotopic (exact) mass is 323 g/mol. The molecule has 0 radical (unpaired) electrons. The second kappa shape index (κ2) is 7.34.